The van der Waals surface area contributed by atoms with Gasteiger partial charge in [-0.15, -0.1) is 11.3 Å². The second-order valence-corrected chi connectivity index (χ2v) is 5.78. The molecule has 2 aromatic rings. The SMILES string of the molecule is CC(C)(C)Cc1nc2sccc2c(=O)[nH]1. The first-order chi connectivity index (χ1) is 6.96. The Hall–Kier alpha value is -1.16. The van der Waals surface area contributed by atoms with Gasteiger partial charge in [-0.25, -0.2) is 4.98 Å². The van der Waals surface area contributed by atoms with Gasteiger partial charge in [-0.1, -0.05) is 20.8 Å². The minimum absolute atomic E-state index is 0.0273. The molecule has 0 bridgehead atoms. The van der Waals surface area contributed by atoms with Crippen LogP contribution in [-0.4, -0.2) is 9.97 Å². The Kier molecular flexibility index (Phi) is 2.38. The summed E-state index contributed by atoms with van der Waals surface area (Å²) in [5, 5.41) is 2.59. The molecule has 80 valence electrons. The molecule has 0 atom stereocenters. The van der Waals surface area contributed by atoms with Gasteiger partial charge in [0.2, 0.25) is 0 Å². The van der Waals surface area contributed by atoms with E-state index in [2.05, 4.69) is 30.7 Å². The van der Waals surface area contributed by atoms with Crippen LogP contribution in [0.3, 0.4) is 0 Å². The maximum absolute atomic E-state index is 11.7. The molecular formula is C11H14N2OS. The van der Waals surface area contributed by atoms with Gasteiger partial charge >= 0.3 is 0 Å². The molecule has 0 unspecified atom stereocenters. The fourth-order valence-corrected chi connectivity index (χ4v) is 2.28. The number of rotatable bonds is 1. The van der Waals surface area contributed by atoms with Crippen molar-refractivity contribution < 1.29 is 0 Å². The van der Waals surface area contributed by atoms with E-state index in [1.54, 1.807) is 0 Å². The molecule has 4 heteroatoms. The molecule has 2 aromatic heterocycles. The maximum Gasteiger partial charge on any atom is 0.259 e. The number of nitrogens with one attached hydrogen (secondary N) is 1. The van der Waals surface area contributed by atoms with Gasteiger partial charge in [0.15, 0.2) is 0 Å². The van der Waals surface area contributed by atoms with Gasteiger partial charge in [-0.05, 0) is 16.9 Å². The second kappa shape index (κ2) is 3.45. The molecule has 0 saturated carbocycles. The zero-order chi connectivity index (χ0) is 11.1. The summed E-state index contributed by atoms with van der Waals surface area (Å²) in [5.74, 6) is 0.780. The van der Waals surface area contributed by atoms with Crippen molar-refractivity contribution in [2.24, 2.45) is 5.41 Å². The van der Waals surface area contributed by atoms with Crippen LogP contribution in [-0.2, 0) is 6.42 Å². The van der Waals surface area contributed by atoms with Gasteiger partial charge in [-0.3, -0.25) is 4.79 Å². The summed E-state index contributed by atoms with van der Waals surface area (Å²) in [4.78, 5) is 19.8. The number of aromatic nitrogens is 2. The van der Waals surface area contributed by atoms with Crippen LogP contribution >= 0.6 is 11.3 Å². The predicted octanol–water partition coefficient (Wildman–Crippen LogP) is 2.57. The van der Waals surface area contributed by atoms with Crippen molar-refractivity contribution in [1.29, 1.82) is 0 Å². The molecule has 15 heavy (non-hydrogen) atoms. The Morgan fingerprint density at radius 3 is 2.87 bits per heavy atom. The quantitative estimate of drug-likeness (QED) is 0.806. The van der Waals surface area contributed by atoms with Gasteiger partial charge in [-0.2, -0.15) is 0 Å². The van der Waals surface area contributed by atoms with Crippen LogP contribution in [0.5, 0.6) is 0 Å². The van der Waals surface area contributed by atoms with Crippen molar-refractivity contribution in [2.45, 2.75) is 27.2 Å². The Morgan fingerprint density at radius 2 is 2.20 bits per heavy atom. The smallest absolute Gasteiger partial charge is 0.259 e. The largest absolute Gasteiger partial charge is 0.310 e. The van der Waals surface area contributed by atoms with Crippen LogP contribution in [0.15, 0.2) is 16.2 Å². The van der Waals surface area contributed by atoms with Crippen molar-refractivity contribution in [3.05, 3.63) is 27.6 Å². The number of hydrogen-bond donors (Lipinski definition) is 1. The zero-order valence-electron chi connectivity index (χ0n) is 9.13. The summed E-state index contributed by atoms with van der Waals surface area (Å²) in [6.45, 7) is 6.39. The molecule has 0 aliphatic rings. The topological polar surface area (TPSA) is 45.8 Å². The number of hydrogen-bond acceptors (Lipinski definition) is 3. The van der Waals surface area contributed by atoms with Crippen LogP contribution in [0, 0.1) is 5.41 Å². The second-order valence-electron chi connectivity index (χ2n) is 4.89. The van der Waals surface area contributed by atoms with Gasteiger partial charge in [0.05, 0.1) is 5.39 Å². The molecule has 2 rings (SSSR count). The van der Waals surface area contributed by atoms with Gasteiger partial charge in [0.25, 0.3) is 5.56 Å². The molecule has 1 N–H and O–H groups in total. The summed E-state index contributed by atoms with van der Waals surface area (Å²) in [6, 6.07) is 1.81. The third-order valence-electron chi connectivity index (χ3n) is 2.08. The van der Waals surface area contributed by atoms with Crippen LogP contribution < -0.4 is 5.56 Å². The lowest BCUT2D eigenvalue weighted by Crippen LogP contribution is -2.17. The fraction of sp³-hybridized carbons (Fsp3) is 0.455. The van der Waals surface area contributed by atoms with E-state index in [4.69, 9.17) is 0 Å². The molecule has 0 spiro atoms. The lowest BCUT2D eigenvalue weighted by atomic mass is 9.92. The highest BCUT2D eigenvalue weighted by molar-refractivity contribution is 7.16. The minimum atomic E-state index is -0.0273. The van der Waals surface area contributed by atoms with Crippen LogP contribution in [0.4, 0.5) is 0 Å². The first-order valence-corrected chi connectivity index (χ1v) is 5.80. The van der Waals surface area contributed by atoms with Crippen molar-refractivity contribution in [3.8, 4) is 0 Å². The van der Waals surface area contributed by atoms with Gasteiger partial charge < -0.3 is 4.98 Å². The summed E-state index contributed by atoms with van der Waals surface area (Å²) in [7, 11) is 0. The number of nitrogens with zero attached hydrogens (tertiary/aromatic N) is 1. The Balaban J connectivity index is 2.50. The maximum atomic E-state index is 11.7. The molecular weight excluding hydrogens is 208 g/mol. The number of aromatic amines is 1. The van der Waals surface area contributed by atoms with Gasteiger partial charge in [0.1, 0.15) is 10.7 Å². The van der Waals surface area contributed by atoms with E-state index in [1.165, 1.54) is 11.3 Å². The van der Waals surface area contributed by atoms with Crippen molar-refractivity contribution in [2.75, 3.05) is 0 Å². The molecule has 0 amide bonds. The van der Waals surface area contributed by atoms with Crippen molar-refractivity contribution in [3.63, 3.8) is 0 Å². The number of fused-ring (bicyclic) bond motifs is 1. The van der Waals surface area contributed by atoms with Crippen molar-refractivity contribution >= 4 is 21.6 Å². The van der Waals surface area contributed by atoms with E-state index in [0.29, 0.717) is 5.39 Å². The predicted molar refractivity (Wildman–Crippen MR) is 63.4 cm³/mol. The molecule has 0 radical (unpaired) electrons. The average Bonchev–Trinajstić information content (AvgIpc) is 2.48. The van der Waals surface area contributed by atoms with Gasteiger partial charge in [0, 0.05) is 6.42 Å². The molecule has 2 heterocycles. The Labute approximate surface area is 92.2 Å². The molecule has 0 saturated heterocycles. The summed E-state index contributed by atoms with van der Waals surface area (Å²) < 4.78 is 0. The van der Waals surface area contributed by atoms with Crippen LogP contribution in [0.1, 0.15) is 26.6 Å². The van der Waals surface area contributed by atoms with Crippen LogP contribution in [0.25, 0.3) is 10.2 Å². The highest BCUT2D eigenvalue weighted by atomic mass is 32.1. The summed E-state index contributed by atoms with van der Waals surface area (Å²) in [6.07, 6.45) is 0.788. The highest BCUT2D eigenvalue weighted by Gasteiger charge is 2.14. The highest BCUT2D eigenvalue weighted by Crippen LogP contribution is 2.20. The molecule has 0 aromatic carbocycles. The summed E-state index contributed by atoms with van der Waals surface area (Å²) in [5.41, 5.74) is 0.112. The first kappa shape index (κ1) is 10.4. The molecule has 0 aliphatic carbocycles. The molecule has 0 fully saturated rings. The Morgan fingerprint density at radius 1 is 1.47 bits per heavy atom. The normalized spacial score (nSPS) is 12.2. The van der Waals surface area contributed by atoms with E-state index < -0.39 is 0 Å². The lowest BCUT2D eigenvalue weighted by molar-refractivity contribution is 0.401. The standard InChI is InChI=1S/C11H14N2OS/c1-11(2,3)6-8-12-9(14)7-4-5-15-10(7)13-8/h4-5H,6H2,1-3H3,(H,12,13,14). The summed E-state index contributed by atoms with van der Waals surface area (Å²) >= 11 is 1.51. The molecule has 3 nitrogen and oxygen atoms in total. The van der Waals surface area contributed by atoms with E-state index in [0.717, 1.165) is 17.1 Å². The third kappa shape index (κ3) is 2.26. The third-order valence-corrected chi connectivity index (χ3v) is 2.89. The van der Waals surface area contributed by atoms with Crippen molar-refractivity contribution in [1.82, 2.24) is 9.97 Å². The average molecular weight is 222 g/mol. The van der Waals surface area contributed by atoms with E-state index >= 15 is 0 Å². The zero-order valence-corrected chi connectivity index (χ0v) is 9.94. The van der Waals surface area contributed by atoms with Crippen LogP contribution in [0.2, 0.25) is 0 Å². The fourth-order valence-electron chi connectivity index (χ4n) is 1.50. The Bertz CT molecular complexity index is 533. The molecule has 0 aliphatic heterocycles. The monoisotopic (exact) mass is 222 g/mol. The lowest BCUT2D eigenvalue weighted by Gasteiger charge is -2.16. The number of H-pyrrole nitrogens is 1. The first-order valence-electron chi connectivity index (χ1n) is 4.92. The van der Waals surface area contributed by atoms with E-state index in [1.807, 2.05) is 11.4 Å². The van der Waals surface area contributed by atoms with E-state index in [-0.39, 0.29) is 11.0 Å². The van der Waals surface area contributed by atoms with E-state index in [9.17, 15) is 4.79 Å². The minimum Gasteiger partial charge on any atom is -0.310 e. The number of thiophene rings is 1.